The molecule has 0 spiro atoms. The van der Waals surface area contributed by atoms with Gasteiger partial charge < -0.3 is 15.4 Å². The SMILES string of the molecule is COc1cccc(C(=O)NCCNc2cc(-n3ccc(C)n3)ncn2)c1. The highest BCUT2D eigenvalue weighted by atomic mass is 16.5. The Morgan fingerprint density at radius 3 is 2.85 bits per heavy atom. The molecule has 0 aliphatic carbocycles. The maximum absolute atomic E-state index is 12.1. The van der Waals surface area contributed by atoms with Crippen molar-refractivity contribution < 1.29 is 9.53 Å². The highest BCUT2D eigenvalue weighted by molar-refractivity contribution is 5.94. The first-order valence-corrected chi connectivity index (χ1v) is 8.16. The van der Waals surface area contributed by atoms with Crippen LogP contribution < -0.4 is 15.4 Å². The quantitative estimate of drug-likeness (QED) is 0.630. The Labute approximate surface area is 151 Å². The van der Waals surface area contributed by atoms with Gasteiger partial charge in [-0.15, -0.1) is 0 Å². The van der Waals surface area contributed by atoms with E-state index in [9.17, 15) is 4.79 Å². The van der Waals surface area contributed by atoms with Gasteiger partial charge in [-0.1, -0.05) is 6.07 Å². The zero-order valence-electron chi connectivity index (χ0n) is 14.6. The van der Waals surface area contributed by atoms with Crippen LogP contribution in [-0.2, 0) is 0 Å². The number of nitrogens with zero attached hydrogens (tertiary/aromatic N) is 4. The molecule has 3 aromatic rings. The van der Waals surface area contributed by atoms with Gasteiger partial charge >= 0.3 is 0 Å². The number of ether oxygens (including phenoxy) is 1. The molecule has 0 bridgehead atoms. The number of carbonyl (C=O) groups is 1. The molecule has 3 rings (SSSR count). The lowest BCUT2D eigenvalue weighted by Crippen LogP contribution is -2.28. The molecule has 2 aromatic heterocycles. The van der Waals surface area contributed by atoms with Gasteiger partial charge in [-0.05, 0) is 31.2 Å². The maximum atomic E-state index is 12.1. The van der Waals surface area contributed by atoms with Crippen LogP contribution in [0.25, 0.3) is 5.82 Å². The summed E-state index contributed by atoms with van der Waals surface area (Å²) in [5, 5.41) is 10.3. The molecule has 0 radical (unpaired) electrons. The first kappa shape index (κ1) is 17.4. The number of hydrogen-bond acceptors (Lipinski definition) is 6. The van der Waals surface area contributed by atoms with Gasteiger partial charge in [-0.2, -0.15) is 5.10 Å². The number of nitrogens with one attached hydrogen (secondary N) is 2. The van der Waals surface area contributed by atoms with Gasteiger partial charge in [0.05, 0.1) is 12.8 Å². The lowest BCUT2D eigenvalue weighted by atomic mass is 10.2. The highest BCUT2D eigenvalue weighted by Crippen LogP contribution is 2.12. The molecule has 1 amide bonds. The molecular weight excluding hydrogens is 332 g/mol. The van der Waals surface area contributed by atoms with Crippen molar-refractivity contribution in [2.24, 2.45) is 0 Å². The summed E-state index contributed by atoms with van der Waals surface area (Å²) in [6.45, 7) is 2.91. The Morgan fingerprint density at radius 2 is 2.08 bits per heavy atom. The Kier molecular flexibility index (Phi) is 5.43. The summed E-state index contributed by atoms with van der Waals surface area (Å²) < 4.78 is 6.81. The predicted octanol–water partition coefficient (Wildman–Crippen LogP) is 1.82. The first-order chi connectivity index (χ1) is 12.7. The third kappa shape index (κ3) is 4.35. The molecule has 0 fully saturated rings. The molecule has 134 valence electrons. The molecule has 0 aliphatic heterocycles. The molecule has 8 nitrogen and oxygen atoms in total. The van der Waals surface area contributed by atoms with E-state index in [0.29, 0.717) is 36.0 Å². The fourth-order valence-corrected chi connectivity index (χ4v) is 2.34. The van der Waals surface area contributed by atoms with E-state index in [1.165, 1.54) is 6.33 Å². The number of aryl methyl sites for hydroxylation is 1. The van der Waals surface area contributed by atoms with E-state index in [1.807, 2.05) is 19.2 Å². The van der Waals surface area contributed by atoms with Crippen LogP contribution >= 0.6 is 0 Å². The van der Waals surface area contributed by atoms with E-state index in [2.05, 4.69) is 25.7 Å². The average molecular weight is 352 g/mol. The van der Waals surface area contributed by atoms with Crippen LogP contribution in [0.15, 0.2) is 48.9 Å². The van der Waals surface area contributed by atoms with E-state index in [4.69, 9.17) is 4.74 Å². The van der Waals surface area contributed by atoms with Gasteiger partial charge in [0.15, 0.2) is 5.82 Å². The number of hydrogen-bond donors (Lipinski definition) is 2. The van der Waals surface area contributed by atoms with Crippen LogP contribution in [0.4, 0.5) is 5.82 Å². The van der Waals surface area contributed by atoms with Crippen LogP contribution in [0, 0.1) is 6.92 Å². The van der Waals surface area contributed by atoms with Gasteiger partial charge in [-0.3, -0.25) is 4.79 Å². The predicted molar refractivity (Wildman–Crippen MR) is 97.7 cm³/mol. The third-order valence-corrected chi connectivity index (χ3v) is 3.66. The van der Waals surface area contributed by atoms with E-state index < -0.39 is 0 Å². The third-order valence-electron chi connectivity index (χ3n) is 3.66. The topological polar surface area (TPSA) is 94.0 Å². The van der Waals surface area contributed by atoms with E-state index in [1.54, 1.807) is 42.1 Å². The Bertz CT molecular complexity index is 893. The lowest BCUT2D eigenvalue weighted by Gasteiger charge is -2.09. The van der Waals surface area contributed by atoms with Crippen LogP contribution in [0.1, 0.15) is 16.1 Å². The van der Waals surface area contributed by atoms with E-state index in [-0.39, 0.29) is 5.91 Å². The molecule has 0 atom stereocenters. The molecule has 1 aromatic carbocycles. The van der Waals surface area contributed by atoms with Gasteiger partial charge in [0.2, 0.25) is 0 Å². The number of benzene rings is 1. The zero-order valence-corrected chi connectivity index (χ0v) is 14.6. The van der Waals surface area contributed by atoms with Crippen molar-refractivity contribution >= 4 is 11.7 Å². The van der Waals surface area contributed by atoms with E-state index in [0.717, 1.165) is 5.69 Å². The molecule has 8 heteroatoms. The van der Waals surface area contributed by atoms with Crippen LogP contribution in [-0.4, -0.2) is 45.9 Å². The minimum atomic E-state index is -0.152. The van der Waals surface area contributed by atoms with Gasteiger partial charge in [0, 0.05) is 30.9 Å². The Morgan fingerprint density at radius 1 is 1.19 bits per heavy atom. The molecule has 2 N–H and O–H groups in total. The Balaban J connectivity index is 1.51. The summed E-state index contributed by atoms with van der Waals surface area (Å²) in [6.07, 6.45) is 3.32. The molecule has 2 heterocycles. The van der Waals surface area contributed by atoms with Crippen molar-refractivity contribution in [1.29, 1.82) is 0 Å². The highest BCUT2D eigenvalue weighted by Gasteiger charge is 2.06. The molecule has 26 heavy (non-hydrogen) atoms. The summed E-state index contributed by atoms with van der Waals surface area (Å²) >= 11 is 0. The van der Waals surface area contributed by atoms with Crippen molar-refractivity contribution in [2.75, 3.05) is 25.5 Å². The number of anilines is 1. The Hall–Kier alpha value is -3.42. The molecule has 0 aliphatic rings. The summed E-state index contributed by atoms with van der Waals surface area (Å²) in [5.74, 6) is 1.84. The van der Waals surface area contributed by atoms with E-state index >= 15 is 0 Å². The molecular formula is C18H20N6O2. The van der Waals surface area contributed by atoms with Crippen LogP contribution in [0.5, 0.6) is 5.75 Å². The fourth-order valence-electron chi connectivity index (χ4n) is 2.34. The van der Waals surface area contributed by atoms with Gasteiger partial charge in [-0.25, -0.2) is 14.6 Å². The largest absolute Gasteiger partial charge is 0.497 e. The second kappa shape index (κ2) is 8.11. The molecule has 0 unspecified atom stereocenters. The second-order valence-corrected chi connectivity index (χ2v) is 5.58. The minimum absolute atomic E-state index is 0.152. The van der Waals surface area contributed by atoms with Crippen molar-refractivity contribution in [3.05, 3.63) is 60.2 Å². The number of amides is 1. The van der Waals surface area contributed by atoms with Gasteiger partial charge in [0.1, 0.15) is 17.9 Å². The summed E-state index contributed by atoms with van der Waals surface area (Å²) in [4.78, 5) is 20.5. The summed E-state index contributed by atoms with van der Waals surface area (Å²) in [7, 11) is 1.57. The second-order valence-electron chi connectivity index (χ2n) is 5.58. The number of carbonyl (C=O) groups excluding carboxylic acids is 1. The number of aromatic nitrogens is 4. The molecule has 0 saturated heterocycles. The monoisotopic (exact) mass is 352 g/mol. The van der Waals surface area contributed by atoms with Gasteiger partial charge in [0.25, 0.3) is 5.91 Å². The number of rotatable bonds is 7. The summed E-state index contributed by atoms with van der Waals surface area (Å²) in [6, 6.07) is 10.7. The lowest BCUT2D eigenvalue weighted by molar-refractivity contribution is 0.0955. The van der Waals surface area contributed by atoms with Crippen molar-refractivity contribution in [1.82, 2.24) is 25.1 Å². The summed E-state index contributed by atoms with van der Waals surface area (Å²) in [5.41, 5.74) is 1.47. The number of methoxy groups -OCH3 is 1. The molecule has 0 saturated carbocycles. The van der Waals surface area contributed by atoms with Crippen LogP contribution in [0.3, 0.4) is 0 Å². The average Bonchev–Trinajstić information content (AvgIpc) is 3.12. The van der Waals surface area contributed by atoms with Crippen molar-refractivity contribution in [2.45, 2.75) is 6.92 Å². The minimum Gasteiger partial charge on any atom is -0.497 e. The first-order valence-electron chi connectivity index (χ1n) is 8.16. The van der Waals surface area contributed by atoms with Crippen molar-refractivity contribution in [3.63, 3.8) is 0 Å². The normalized spacial score (nSPS) is 10.4. The fraction of sp³-hybridized carbons (Fsp3) is 0.222. The standard InChI is InChI=1S/C18H20N6O2/c1-13-6-9-24(23-13)17-11-16(21-12-22-17)19-7-8-20-18(25)14-4-3-5-15(10-14)26-2/h3-6,9-12H,7-8H2,1-2H3,(H,20,25)(H,19,21,22). The zero-order chi connectivity index (χ0) is 18.4. The maximum Gasteiger partial charge on any atom is 0.251 e. The van der Waals surface area contributed by atoms with Crippen LogP contribution in [0.2, 0.25) is 0 Å². The van der Waals surface area contributed by atoms with Crippen molar-refractivity contribution in [3.8, 4) is 11.6 Å². The smallest absolute Gasteiger partial charge is 0.251 e.